The topological polar surface area (TPSA) is 56.1 Å². The highest BCUT2D eigenvalue weighted by molar-refractivity contribution is 5.69. The van der Waals surface area contributed by atoms with E-state index in [0.29, 0.717) is 0 Å². The highest BCUT2D eigenvalue weighted by Gasteiger charge is 2.44. The molecule has 1 saturated carbocycles. The highest BCUT2D eigenvalue weighted by atomic mass is 16.6. The normalized spacial score (nSPS) is 17.6. The molecule has 4 aromatic rings. The van der Waals surface area contributed by atoms with E-state index >= 15 is 0 Å². The number of hydrogen-bond donors (Lipinski definition) is 1. The number of nitrogens with one attached hydrogen (secondary N) is 1. The van der Waals surface area contributed by atoms with Gasteiger partial charge in [-0.3, -0.25) is 0 Å². The summed E-state index contributed by atoms with van der Waals surface area (Å²) in [7, 11) is 0. The number of carbonyl (C=O) groups is 1. The molecule has 178 valence electrons. The standard InChI is InChI=1S/C30H31N3O2/c1-29(2,3)35-28(34)32-26-19-25(26)27-20-33(21-31-27)30(22-13-7-4-8-14-22,23-15-9-5-10-16-23)24-17-11-6-12-18-24/h4-18,20-21,25-26H,19H2,1-3H3,(H,32,34)/t25-,26-/m1/s1. The summed E-state index contributed by atoms with van der Waals surface area (Å²) >= 11 is 0. The quantitative estimate of drug-likeness (QED) is 0.350. The Bertz CT molecular complexity index is 1180. The van der Waals surface area contributed by atoms with Crippen molar-refractivity contribution in [2.75, 3.05) is 0 Å². The zero-order valence-corrected chi connectivity index (χ0v) is 20.4. The molecule has 1 fully saturated rings. The third-order valence-electron chi connectivity index (χ3n) is 6.44. The summed E-state index contributed by atoms with van der Waals surface area (Å²) < 4.78 is 7.64. The van der Waals surface area contributed by atoms with Gasteiger partial charge in [-0.1, -0.05) is 91.0 Å². The van der Waals surface area contributed by atoms with Crippen molar-refractivity contribution in [3.63, 3.8) is 0 Å². The van der Waals surface area contributed by atoms with Gasteiger partial charge in [-0.2, -0.15) is 0 Å². The summed E-state index contributed by atoms with van der Waals surface area (Å²) in [5.74, 6) is 0.170. The predicted octanol–water partition coefficient (Wildman–Crippen LogP) is 6.10. The van der Waals surface area contributed by atoms with E-state index in [1.807, 2.05) is 45.3 Å². The average molecular weight is 466 g/mol. The smallest absolute Gasteiger partial charge is 0.407 e. The molecule has 0 aliphatic heterocycles. The minimum atomic E-state index is -0.585. The second-order valence-corrected chi connectivity index (χ2v) is 10.1. The molecular weight excluding hydrogens is 434 g/mol. The van der Waals surface area contributed by atoms with E-state index in [-0.39, 0.29) is 18.1 Å². The van der Waals surface area contributed by atoms with Crippen LogP contribution in [0.4, 0.5) is 4.79 Å². The molecule has 1 aliphatic rings. The Kier molecular flexibility index (Phi) is 5.93. The number of carbonyl (C=O) groups excluding carboxylic acids is 1. The van der Waals surface area contributed by atoms with Gasteiger partial charge in [-0.25, -0.2) is 9.78 Å². The molecule has 1 aromatic heterocycles. The number of ether oxygens (including phenoxy) is 1. The molecule has 1 heterocycles. The molecule has 3 aromatic carbocycles. The third-order valence-corrected chi connectivity index (χ3v) is 6.44. The minimum absolute atomic E-state index is 0.0350. The summed E-state index contributed by atoms with van der Waals surface area (Å²) in [6.07, 6.45) is 4.53. The van der Waals surface area contributed by atoms with Crippen LogP contribution in [0, 0.1) is 0 Å². The first kappa shape index (κ1) is 22.9. The van der Waals surface area contributed by atoms with Gasteiger partial charge in [-0.05, 0) is 43.9 Å². The lowest BCUT2D eigenvalue weighted by Gasteiger charge is -2.37. The molecule has 5 heteroatoms. The highest BCUT2D eigenvalue weighted by Crippen LogP contribution is 2.44. The molecule has 35 heavy (non-hydrogen) atoms. The SMILES string of the molecule is CC(C)(C)OC(=O)N[C@@H]1C[C@H]1c1cn(C(c2ccccc2)(c2ccccc2)c2ccccc2)cn1. The second kappa shape index (κ2) is 9.06. The number of benzene rings is 3. The molecule has 1 N–H and O–H groups in total. The minimum Gasteiger partial charge on any atom is -0.444 e. The Labute approximate surface area is 206 Å². The van der Waals surface area contributed by atoms with Crippen LogP contribution in [0.2, 0.25) is 0 Å². The van der Waals surface area contributed by atoms with Crippen LogP contribution in [0.25, 0.3) is 0 Å². The summed E-state index contributed by atoms with van der Waals surface area (Å²) in [6.45, 7) is 5.61. The maximum Gasteiger partial charge on any atom is 0.407 e. The van der Waals surface area contributed by atoms with Crippen LogP contribution in [0.3, 0.4) is 0 Å². The Hall–Kier alpha value is -3.86. The lowest BCUT2D eigenvalue weighted by molar-refractivity contribution is 0.0522. The Morgan fingerprint density at radius 3 is 1.80 bits per heavy atom. The molecule has 1 aliphatic carbocycles. The molecule has 1 amide bonds. The molecule has 0 bridgehead atoms. The fourth-order valence-corrected chi connectivity index (χ4v) is 4.84. The van der Waals surface area contributed by atoms with Crippen LogP contribution in [-0.4, -0.2) is 27.3 Å². The lowest BCUT2D eigenvalue weighted by Crippen LogP contribution is -2.37. The lowest BCUT2D eigenvalue weighted by atomic mass is 9.77. The van der Waals surface area contributed by atoms with Crippen LogP contribution < -0.4 is 5.32 Å². The number of aromatic nitrogens is 2. The van der Waals surface area contributed by atoms with Gasteiger partial charge in [0, 0.05) is 18.2 Å². The van der Waals surface area contributed by atoms with Crippen molar-refractivity contribution in [1.82, 2.24) is 14.9 Å². The second-order valence-electron chi connectivity index (χ2n) is 10.1. The van der Waals surface area contributed by atoms with Gasteiger partial charge in [-0.15, -0.1) is 0 Å². The number of alkyl carbamates (subject to hydrolysis) is 1. The Morgan fingerprint density at radius 2 is 1.34 bits per heavy atom. The molecule has 0 radical (unpaired) electrons. The van der Waals surface area contributed by atoms with Crippen LogP contribution in [0.1, 0.15) is 55.5 Å². The van der Waals surface area contributed by atoms with E-state index < -0.39 is 11.1 Å². The predicted molar refractivity (Wildman–Crippen MR) is 137 cm³/mol. The number of nitrogens with zero attached hydrogens (tertiary/aromatic N) is 2. The van der Waals surface area contributed by atoms with Crippen molar-refractivity contribution < 1.29 is 9.53 Å². The van der Waals surface area contributed by atoms with E-state index in [1.165, 1.54) is 0 Å². The molecule has 2 atom stereocenters. The molecule has 0 unspecified atom stereocenters. The van der Waals surface area contributed by atoms with E-state index in [1.54, 1.807) is 0 Å². The van der Waals surface area contributed by atoms with Gasteiger partial charge in [0.2, 0.25) is 0 Å². The van der Waals surface area contributed by atoms with E-state index in [9.17, 15) is 4.79 Å². The van der Waals surface area contributed by atoms with Crippen molar-refractivity contribution in [3.8, 4) is 0 Å². The summed E-state index contributed by atoms with van der Waals surface area (Å²) in [4.78, 5) is 17.1. The summed E-state index contributed by atoms with van der Waals surface area (Å²) in [6, 6.07) is 31.7. The Balaban J connectivity index is 1.54. The van der Waals surface area contributed by atoms with Gasteiger partial charge in [0.05, 0.1) is 12.0 Å². The number of rotatable bonds is 6. The monoisotopic (exact) mass is 465 g/mol. The number of imidazole rings is 1. The third kappa shape index (κ3) is 4.59. The molecule has 5 rings (SSSR count). The van der Waals surface area contributed by atoms with Crippen molar-refractivity contribution >= 4 is 6.09 Å². The molecule has 0 spiro atoms. The van der Waals surface area contributed by atoms with Gasteiger partial charge >= 0.3 is 6.09 Å². The number of amides is 1. The summed E-state index contributed by atoms with van der Waals surface area (Å²) in [5, 5.41) is 2.99. The maximum absolute atomic E-state index is 12.2. The van der Waals surface area contributed by atoms with Gasteiger partial charge in [0.15, 0.2) is 0 Å². The van der Waals surface area contributed by atoms with Crippen molar-refractivity contribution in [2.45, 2.75) is 50.3 Å². The zero-order valence-electron chi connectivity index (χ0n) is 20.4. The first-order valence-electron chi connectivity index (χ1n) is 12.1. The van der Waals surface area contributed by atoms with E-state index in [4.69, 9.17) is 9.72 Å². The van der Waals surface area contributed by atoms with Gasteiger partial charge in [0.25, 0.3) is 0 Å². The van der Waals surface area contributed by atoms with Crippen LogP contribution in [-0.2, 0) is 10.3 Å². The number of hydrogen-bond acceptors (Lipinski definition) is 3. The summed E-state index contributed by atoms with van der Waals surface area (Å²) in [5.41, 5.74) is 3.33. The fourth-order valence-electron chi connectivity index (χ4n) is 4.84. The van der Waals surface area contributed by atoms with E-state index in [2.05, 4.69) is 88.9 Å². The van der Waals surface area contributed by atoms with Crippen LogP contribution >= 0.6 is 0 Å². The van der Waals surface area contributed by atoms with Gasteiger partial charge in [0.1, 0.15) is 11.1 Å². The van der Waals surface area contributed by atoms with Crippen molar-refractivity contribution in [1.29, 1.82) is 0 Å². The first-order valence-corrected chi connectivity index (χ1v) is 12.1. The maximum atomic E-state index is 12.2. The largest absolute Gasteiger partial charge is 0.444 e. The van der Waals surface area contributed by atoms with Crippen molar-refractivity contribution in [2.24, 2.45) is 0 Å². The first-order chi connectivity index (χ1) is 16.9. The average Bonchev–Trinajstić information content (AvgIpc) is 3.43. The van der Waals surface area contributed by atoms with Crippen LogP contribution in [0.5, 0.6) is 0 Å². The Morgan fingerprint density at radius 1 is 0.857 bits per heavy atom. The molecular formula is C30H31N3O2. The molecule has 5 nitrogen and oxygen atoms in total. The fraction of sp³-hybridized carbons (Fsp3) is 0.267. The van der Waals surface area contributed by atoms with E-state index in [0.717, 1.165) is 28.8 Å². The zero-order chi connectivity index (χ0) is 24.5. The van der Waals surface area contributed by atoms with Crippen LogP contribution in [0.15, 0.2) is 104 Å². The van der Waals surface area contributed by atoms with Gasteiger partial charge < -0.3 is 14.6 Å². The molecule has 0 saturated heterocycles. The van der Waals surface area contributed by atoms with Crippen molar-refractivity contribution in [3.05, 3.63) is 126 Å².